The monoisotopic (exact) mass is 325 g/mol. The van der Waals surface area contributed by atoms with Crippen LogP contribution in [0.2, 0.25) is 0 Å². The molecule has 0 aromatic carbocycles. The van der Waals surface area contributed by atoms with Crippen LogP contribution in [0.5, 0.6) is 5.75 Å². The van der Waals surface area contributed by atoms with E-state index in [4.69, 9.17) is 16.2 Å². The SMILES string of the molecule is CN1CCC(Oc2cc(-c3cnc(N)nc3N)cnc2C#N)CC1. The fraction of sp³-hybridized carbons (Fsp3) is 0.375. The summed E-state index contributed by atoms with van der Waals surface area (Å²) in [5, 5.41) is 9.28. The Hall–Kier alpha value is -2.92. The maximum atomic E-state index is 9.28. The maximum Gasteiger partial charge on any atom is 0.221 e. The Morgan fingerprint density at radius 2 is 2.00 bits per heavy atom. The van der Waals surface area contributed by atoms with E-state index in [1.165, 1.54) is 0 Å². The molecular weight excluding hydrogens is 306 g/mol. The molecule has 8 nitrogen and oxygen atoms in total. The molecule has 3 rings (SSSR count). The zero-order valence-corrected chi connectivity index (χ0v) is 13.4. The molecule has 124 valence electrons. The fourth-order valence-electron chi connectivity index (χ4n) is 2.68. The number of nitrogen functional groups attached to an aromatic ring is 2. The fourth-order valence-corrected chi connectivity index (χ4v) is 2.68. The Bertz CT molecular complexity index is 778. The third-order valence-electron chi connectivity index (χ3n) is 4.07. The molecule has 4 N–H and O–H groups in total. The van der Waals surface area contributed by atoms with Crippen molar-refractivity contribution in [2.24, 2.45) is 0 Å². The van der Waals surface area contributed by atoms with Gasteiger partial charge in [0.2, 0.25) is 5.95 Å². The number of piperidine rings is 1. The van der Waals surface area contributed by atoms with Crippen LogP contribution in [-0.2, 0) is 0 Å². The third kappa shape index (κ3) is 3.36. The molecule has 1 saturated heterocycles. The van der Waals surface area contributed by atoms with Crippen molar-refractivity contribution in [1.82, 2.24) is 19.9 Å². The van der Waals surface area contributed by atoms with Gasteiger partial charge in [0.05, 0.1) is 0 Å². The average molecular weight is 325 g/mol. The van der Waals surface area contributed by atoms with Crippen molar-refractivity contribution < 1.29 is 4.74 Å². The van der Waals surface area contributed by atoms with E-state index in [2.05, 4.69) is 33.0 Å². The first kappa shape index (κ1) is 16.0. The first-order valence-corrected chi connectivity index (χ1v) is 7.70. The first-order chi connectivity index (χ1) is 11.6. The quantitative estimate of drug-likeness (QED) is 0.857. The van der Waals surface area contributed by atoms with Crippen molar-refractivity contribution in [1.29, 1.82) is 5.26 Å². The van der Waals surface area contributed by atoms with Gasteiger partial charge in [-0.1, -0.05) is 0 Å². The lowest BCUT2D eigenvalue weighted by Gasteiger charge is -2.29. The number of aromatic nitrogens is 3. The van der Waals surface area contributed by atoms with Crippen LogP contribution < -0.4 is 16.2 Å². The summed E-state index contributed by atoms with van der Waals surface area (Å²) in [6, 6.07) is 3.83. The molecule has 0 saturated carbocycles. The summed E-state index contributed by atoms with van der Waals surface area (Å²) < 4.78 is 6.03. The predicted octanol–water partition coefficient (Wildman–Crippen LogP) is 1.05. The second-order valence-electron chi connectivity index (χ2n) is 5.83. The summed E-state index contributed by atoms with van der Waals surface area (Å²) in [5.41, 5.74) is 13.0. The van der Waals surface area contributed by atoms with Gasteiger partial charge in [0, 0.05) is 36.6 Å². The zero-order chi connectivity index (χ0) is 17.1. The Balaban J connectivity index is 1.89. The smallest absolute Gasteiger partial charge is 0.221 e. The van der Waals surface area contributed by atoms with Gasteiger partial charge in [0.25, 0.3) is 0 Å². The van der Waals surface area contributed by atoms with Gasteiger partial charge in [-0.25, -0.2) is 9.97 Å². The van der Waals surface area contributed by atoms with Crippen molar-refractivity contribution >= 4 is 11.8 Å². The van der Waals surface area contributed by atoms with Gasteiger partial charge in [-0.3, -0.25) is 0 Å². The number of rotatable bonds is 3. The van der Waals surface area contributed by atoms with Gasteiger partial charge in [0.1, 0.15) is 18.0 Å². The van der Waals surface area contributed by atoms with Crippen molar-refractivity contribution in [3.63, 3.8) is 0 Å². The summed E-state index contributed by atoms with van der Waals surface area (Å²) in [7, 11) is 2.09. The molecule has 0 unspecified atom stereocenters. The molecule has 8 heteroatoms. The van der Waals surface area contributed by atoms with E-state index in [0.29, 0.717) is 16.9 Å². The highest BCUT2D eigenvalue weighted by molar-refractivity contribution is 5.74. The molecule has 2 aromatic rings. The van der Waals surface area contributed by atoms with E-state index in [1.807, 2.05) is 0 Å². The minimum absolute atomic E-state index is 0.0744. The molecule has 24 heavy (non-hydrogen) atoms. The molecule has 0 spiro atoms. The maximum absolute atomic E-state index is 9.28. The second-order valence-corrected chi connectivity index (χ2v) is 5.83. The van der Waals surface area contributed by atoms with Crippen molar-refractivity contribution in [3.05, 3.63) is 24.2 Å². The number of ether oxygens (including phenoxy) is 1. The van der Waals surface area contributed by atoms with Crippen LogP contribution in [-0.4, -0.2) is 46.1 Å². The van der Waals surface area contributed by atoms with Gasteiger partial charge in [-0.05, 0) is 26.0 Å². The van der Waals surface area contributed by atoms with Crippen LogP contribution in [0.4, 0.5) is 11.8 Å². The van der Waals surface area contributed by atoms with Gasteiger partial charge >= 0.3 is 0 Å². The van der Waals surface area contributed by atoms with E-state index in [0.717, 1.165) is 25.9 Å². The molecule has 0 atom stereocenters. The van der Waals surface area contributed by atoms with E-state index in [-0.39, 0.29) is 23.6 Å². The number of nitriles is 1. The summed E-state index contributed by atoms with van der Waals surface area (Å²) >= 11 is 0. The lowest BCUT2D eigenvalue weighted by atomic mass is 10.1. The molecular formula is C16H19N7O. The van der Waals surface area contributed by atoms with Crippen LogP contribution in [0.3, 0.4) is 0 Å². The highest BCUT2D eigenvalue weighted by Gasteiger charge is 2.20. The van der Waals surface area contributed by atoms with Crippen molar-refractivity contribution in [2.75, 3.05) is 31.6 Å². The molecule has 0 radical (unpaired) electrons. The zero-order valence-electron chi connectivity index (χ0n) is 13.4. The normalized spacial score (nSPS) is 15.8. The van der Waals surface area contributed by atoms with Crippen LogP contribution in [0.15, 0.2) is 18.5 Å². The minimum atomic E-state index is 0.0744. The average Bonchev–Trinajstić information content (AvgIpc) is 2.57. The topological polar surface area (TPSA) is 127 Å². The van der Waals surface area contributed by atoms with Gasteiger partial charge < -0.3 is 21.1 Å². The standard InChI is InChI=1S/C16H19N7O/c1-23-4-2-11(3-5-23)24-14-6-10(8-20-13(14)7-17)12-9-21-16(19)22-15(12)18/h6,8-9,11H,2-5H2,1H3,(H4,18,19,21,22). The number of hydrogen-bond donors (Lipinski definition) is 2. The lowest BCUT2D eigenvalue weighted by Crippen LogP contribution is -2.35. The second kappa shape index (κ2) is 6.68. The van der Waals surface area contributed by atoms with Crippen molar-refractivity contribution in [2.45, 2.75) is 18.9 Å². The predicted molar refractivity (Wildman–Crippen MR) is 89.9 cm³/mol. The Morgan fingerprint density at radius 1 is 1.25 bits per heavy atom. The summed E-state index contributed by atoms with van der Waals surface area (Å²) in [6.45, 7) is 1.94. The number of nitrogens with zero attached hydrogens (tertiary/aromatic N) is 5. The van der Waals surface area contributed by atoms with Crippen molar-refractivity contribution in [3.8, 4) is 22.9 Å². The van der Waals surface area contributed by atoms with E-state index in [9.17, 15) is 5.26 Å². The molecule has 0 bridgehead atoms. The minimum Gasteiger partial charge on any atom is -0.487 e. The summed E-state index contributed by atoms with van der Waals surface area (Å²) in [4.78, 5) is 14.3. The molecule has 0 amide bonds. The molecule has 1 aliphatic heterocycles. The van der Waals surface area contributed by atoms with E-state index in [1.54, 1.807) is 18.5 Å². The largest absolute Gasteiger partial charge is 0.487 e. The summed E-state index contributed by atoms with van der Waals surface area (Å²) in [5.74, 6) is 0.834. The van der Waals surface area contributed by atoms with Crippen LogP contribution in [0.25, 0.3) is 11.1 Å². The molecule has 2 aromatic heterocycles. The first-order valence-electron chi connectivity index (χ1n) is 7.70. The Labute approximate surface area is 140 Å². The van der Waals surface area contributed by atoms with Gasteiger partial charge in [-0.2, -0.15) is 10.2 Å². The Kier molecular flexibility index (Phi) is 4.44. The molecule has 3 heterocycles. The van der Waals surface area contributed by atoms with Crippen LogP contribution >= 0.6 is 0 Å². The number of likely N-dealkylation sites (tertiary alicyclic amines) is 1. The van der Waals surface area contributed by atoms with E-state index >= 15 is 0 Å². The number of anilines is 2. The lowest BCUT2D eigenvalue weighted by molar-refractivity contribution is 0.113. The Morgan fingerprint density at radius 3 is 2.67 bits per heavy atom. The van der Waals surface area contributed by atoms with Crippen LogP contribution in [0, 0.1) is 11.3 Å². The van der Waals surface area contributed by atoms with Crippen LogP contribution in [0.1, 0.15) is 18.5 Å². The van der Waals surface area contributed by atoms with Gasteiger partial charge in [0.15, 0.2) is 11.4 Å². The number of hydrogen-bond acceptors (Lipinski definition) is 8. The number of nitrogens with two attached hydrogens (primary N) is 2. The molecule has 1 aliphatic rings. The summed E-state index contributed by atoms with van der Waals surface area (Å²) in [6.07, 6.45) is 5.01. The molecule has 1 fully saturated rings. The van der Waals surface area contributed by atoms with Gasteiger partial charge in [-0.15, -0.1) is 0 Å². The highest BCUT2D eigenvalue weighted by Crippen LogP contribution is 2.29. The highest BCUT2D eigenvalue weighted by atomic mass is 16.5. The van der Waals surface area contributed by atoms with E-state index < -0.39 is 0 Å². The third-order valence-corrected chi connectivity index (χ3v) is 4.07. The molecule has 0 aliphatic carbocycles. The number of pyridine rings is 1.